The van der Waals surface area contributed by atoms with Crippen LogP contribution in [0.25, 0.3) is 0 Å². The molecule has 0 fully saturated rings. The maximum absolute atomic E-state index is 13.1. The minimum Gasteiger partial charge on any atom is -0.451 e. The van der Waals surface area contributed by atoms with E-state index in [0.717, 1.165) is 0 Å². The van der Waals surface area contributed by atoms with Gasteiger partial charge >= 0.3 is 10.5 Å². The highest BCUT2D eigenvalue weighted by Gasteiger charge is 2.16. The number of hydrogen-bond acceptors (Lipinski definition) is 5. The number of hydrogen-bond donors (Lipinski definition) is 0. The molecular weight excluding hydrogens is 378 g/mol. The summed E-state index contributed by atoms with van der Waals surface area (Å²) in [5.41, 5.74) is 0.702. The summed E-state index contributed by atoms with van der Waals surface area (Å²) in [5, 5.41) is 0. The topological polar surface area (TPSA) is 61.8 Å². The molecular formula is C19H14F2O5S. The van der Waals surface area contributed by atoms with Crippen molar-refractivity contribution in [1.82, 2.24) is 0 Å². The van der Waals surface area contributed by atoms with Gasteiger partial charge in [0, 0.05) is 5.56 Å². The van der Waals surface area contributed by atoms with Crippen LogP contribution in [-0.4, -0.2) is 8.42 Å². The predicted octanol–water partition coefficient (Wildman–Crippen LogP) is 4.58. The van der Waals surface area contributed by atoms with Crippen molar-refractivity contribution in [3.05, 3.63) is 90.2 Å². The highest BCUT2D eigenvalue weighted by atomic mass is 32.3. The van der Waals surface area contributed by atoms with E-state index in [4.69, 9.17) is 9.47 Å². The van der Waals surface area contributed by atoms with Crippen LogP contribution in [0.2, 0.25) is 0 Å². The van der Waals surface area contributed by atoms with Crippen LogP contribution in [0.15, 0.2) is 78.9 Å². The van der Waals surface area contributed by atoms with Gasteiger partial charge in [-0.3, -0.25) is 0 Å². The van der Waals surface area contributed by atoms with Crippen LogP contribution < -0.4 is 13.7 Å². The average Bonchev–Trinajstić information content (AvgIpc) is 2.64. The third-order valence-corrected chi connectivity index (χ3v) is 3.78. The highest BCUT2D eigenvalue weighted by Crippen LogP contribution is 2.27. The lowest BCUT2D eigenvalue weighted by atomic mass is 10.2. The molecule has 0 N–H and O–H groups in total. The summed E-state index contributed by atoms with van der Waals surface area (Å²) in [7, 11) is -5.10. The molecule has 0 heterocycles. The minimum atomic E-state index is -5.10. The van der Waals surface area contributed by atoms with Crippen LogP contribution in [0.5, 0.6) is 17.2 Å². The number of ether oxygens (including phenoxy) is 2. The van der Waals surface area contributed by atoms with Crippen molar-refractivity contribution in [1.29, 1.82) is 0 Å². The second-order valence-electron chi connectivity index (χ2n) is 5.38. The lowest BCUT2D eigenvalue weighted by molar-refractivity contribution is 0.00373. The van der Waals surface area contributed by atoms with E-state index in [9.17, 15) is 16.7 Å². The fraction of sp³-hybridized carbons (Fsp3) is 0.0526. The Bertz CT molecular complexity index is 975. The van der Waals surface area contributed by atoms with Gasteiger partial charge in [-0.05, 0) is 48.5 Å². The van der Waals surface area contributed by atoms with Gasteiger partial charge in [0.25, 0.3) is 6.29 Å². The molecule has 0 amide bonds. The molecule has 0 aliphatic rings. The molecule has 1 unspecified atom stereocenters. The molecule has 1 atom stereocenters. The molecule has 3 aromatic carbocycles. The van der Waals surface area contributed by atoms with E-state index in [1.54, 1.807) is 12.1 Å². The first kappa shape index (κ1) is 18.7. The molecule has 0 radical (unpaired) electrons. The smallest absolute Gasteiger partial charge is 0.451 e. The van der Waals surface area contributed by atoms with E-state index in [1.165, 1.54) is 48.5 Å². The molecule has 0 spiro atoms. The summed E-state index contributed by atoms with van der Waals surface area (Å²) < 4.78 is 62.4. The SMILES string of the molecule is O=S(=O)(F)Oc1ccc(OC(Oc2ccc(F)cc2)c2ccccc2)cc1. The molecule has 0 saturated heterocycles. The van der Waals surface area contributed by atoms with E-state index in [0.29, 0.717) is 17.1 Å². The van der Waals surface area contributed by atoms with Gasteiger partial charge in [0.05, 0.1) is 0 Å². The normalized spacial score (nSPS) is 12.2. The lowest BCUT2D eigenvalue weighted by Crippen LogP contribution is -2.15. The van der Waals surface area contributed by atoms with Crippen LogP contribution in [0.1, 0.15) is 11.9 Å². The minimum absolute atomic E-state index is 0.194. The average molecular weight is 392 g/mol. The number of rotatable bonds is 7. The molecule has 5 nitrogen and oxygen atoms in total. The van der Waals surface area contributed by atoms with Gasteiger partial charge < -0.3 is 13.7 Å². The molecule has 140 valence electrons. The number of halogens is 2. The van der Waals surface area contributed by atoms with E-state index < -0.39 is 22.6 Å². The van der Waals surface area contributed by atoms with Crippen molar-refractivity contribution >= 4 is 10.5 Å². The lowest BCUT2D eigenvalue weighted by Gasteiger charge is -2.21. The molecule has 0 aromatic heterocycles. The Morgan fingerprint density at radius 1 is 0.704 bits per heavy atom. The van der Waals surface area contributed by atoms with Crippen molar-refractivity contribution in [2.45, 2.75) is 6.29 Å². The molecule has 8 heteroatoms. The Morgan fingerprint density at radius 3 is 1.70 bits per heavy atom. The number of benzene rings is 3. The zero-order valence-electron chi connectivity index (χ0n) is 13.8. The fourth-order valence-corrected chi connectivity index (χ4v) is 2.56. The van der Waals surface area contributed by atoms with Gasteiger partial charge in [-0.15, -0.1) is 0 Å². The summed E-state index contributed by atoms with van der Waals surface area (Å²) in [4.78, 5) is 0. The Hall–Kier alpha value is -3.13. The summed E-state index contributed by atoms with van der Waals surface area (Å²) >= 11 is 0. The fourth-order valence-electron chi connectivity index (χ4n) is 2.22. The molecule has 0 saturated carbocycles. The van der Waals surface area contributed by atoms with E-state index in [1.807, 2.05) is 18.2 Å². The van der Waals surface area contributed by atoms with Crippen LogP contribution in [0, 0.1) is 5.82 Å². The highest BCUT2D eigenvalue weighted by molar-refractivity contribution is 7.81. The first-order valence-corrected chi connectivity index (χ1v) is 9.08. The van der Waals surface area contributed by atoms with Crippen LogP contribution in [0.4, 0.5) is 8.28 Å². The zero-order chi connectivity index (χ0) is 19.3. The van der Waals surface area contributed by atoms with Crippen molar-refractivity contribution in [2.24, 2.45) is 0 Å². The summed E-state index contributed by atoms with van der Waals surface area (Å²) in [5.74, 6) is 0.141. The first-order valence-electron chi connectivity index (χ1n) is 7.77. The van der Waals surface area contributed by atoms with Gasteiger partial charge in [-0.2, -0.15) is 8.42 Å². The van der Waals surface area contributed by atoms with E-state index >= 15 is 0 Å². The maximum Gasteiger partial charge on any atom is 0.488 e. The summed E-state index contributed by atoms with van der Waals surface area (Å²) in [6, 6.07) is 19.8. The quantitative estimate of drug-likeness (QED) is 0.435. The van der Waals surface area contributed by atoms with E-state index in [-0.39, 0.29) is 5.75 Å². The molecule has 3 rings (SSSR count). The van der Waals surface area contributed by atoms with Crippen molar-refractivity contribution in [3.8, 4) is 17.2 Å². The van der Waals surface area contributed by atoms with Gasteiger partial charge in [-0.1, -0.05) is 34.2 Å². The zero-order valence-corrected chi connectivity index (χ0v) is 14.6. The predicted molar refractivity (Wildman–Crippen MR) is 93.9 cm³/mol. The van der Waals surface area contributed by atoms with Gasteiger partial charge in [-0.25, -0.2) is 4.39 Å². The van der Waals surface area contributed by atoms with Crippen molar-refractivity contribution < 1.29 is 30.4 Å². The molecule has 27 heavy (non-hydrogen) atoms. The third-order valence-electron chi connectivity index (χ3n) is 3.39. The Balaban J connectivity index is 1.80. The van der Waals surface area contributed by atoms with Crippen molar-refractivity contribution in [3.63, 3.8) is 0 Å². The Kier molecular flexibility index (Phi) is 5.56. The Morgan fingerprint density at radius 2 is 1.19 bits per heavy atom. The van der Waals surface area contributed by atoms with Crippen LogP contribution in [0.3, 0.4) is 0 Å². The molecule has 0 bridgehead atoms. The summed E-state index contributed by atoms with van der Waals surface area (Å²) in [6.45, 7) is 0. The van der Waals surface area contributed by atoms with Crippen LogP contribution in [-0.2, 0) is 10.5 Å². The van der Waals surface area contributed by atoms with Gasteiger partial charge in [0.2, 0.25) is 0 Å². The third kappa shape index (κ3) is 5.68. The van der Waals surface area contributed by atoms with Gasteiger partial charge in [0.1, 0.15) is 23.1 Å². The standard InChI is InChI=1S/C19H14F2O5S/c20-15-6-8-16(9-7-15)24-19(14-4-2-1-3-5-14)25-17-10-12-18(13-11-17)26-27(21,22)23/h1-13,19H. The monoisotopic (exact) mass is 392 g/mol. The van der Waals surface area contributed by atoms with Crippen molar-refractivity contribution in [2.75, 3.05) is 0 Å². The second-order valence-corrected chi connectivity index (χ2v) is 6.33. The second kappa shape index (κ2) is 8.05. The summed E-state index contributed by atoms with van der Waals surface area (Å²) in [6.07, 6.45) is -0.853. The van der Waals surface area contributed by atoms with Crippen LogP contribution >= 0.6 is 0 Å². The van der Waals surface area contributed by atoms with Gasteiger partial charge in [0.15, 0.2) is 0 Å². The first-order chi connectivity index (χ1) is 12.9. The largest absolute Gasteiger partial charge is 0.488 e. The molecule has 0 aliphatic heterocycles. The Labute approximate surface area is 155 Å². The molecule has 0 aliphatic carbocycles. The van der Waals surface area contributed by atoms with E-state index in [2.05, 4.69) is 4.18 Å². The molecule has 3 aromatic rings. The maximum atomic E-state index is 13.1.